The number of nitro benzene ring substituents is 1. The van der Waals surface area contributed by atoms with Gasteiger partial charge in [-0.2, -0.15) is 13.2 Å². The maximum absolute atomic E-state index is 12.6. The van der Waals surface area contributed by atoms with Crippen molar-refractivity contribution in [3.05, 3.63) is 70.5 Å². The molecule has 0 fully saturated rings. The summed E-state index contributed by atoms with van der Waals surface area (Å²) in [5.74, 6) is -1.49. The van der Waals surface area contributed by atoms with E-state index in [0.717, 1.165) is 24.4 Å². The summed E-state index contributed by atoms with van der Waals surface area (Å²) in [4.78, 5) is 13.6. The third-order valence-electron chi connectivity index (χ3n) is 3.85. The van der Waals surface area contributed by atoms with Crippen molar-refractivity contribution >= 4 is 5.69 Å². The second kappa shape index (κ2) is 6.60. The van der Waals surface area contributed by atoms with Gasteiger partial charge in [-0.3, -0.25) is 15.1 Å². The monoisotopic (exact) mass is 376 g/mol. The first-order valence-electron chi connectivity index (χ1n) is 7.51. The van der Waals surface area contributed by atoms with E-state index in [0.29, 0.717) is 16.7 Å². The van der Waals surface area contributed by atoms with E-state index in [2.05, 4.69) is 4.98 Å². The van der Waals surface area contributed by atoms with E-state index in [1.54, 1.807) is 24.3 Å². The molecule has 0 saturated heterocycles. The fourth-order valence-electron chi connectivity index (χ4n) is 2.52. The zero-order chi connectivity index (χ0) is 19.8. The molecule has 1 heterocycles. The van der Waals surface area contributed by atoms with Gasteiger partial charge in [0.2, 0.25) is 5.75 Å². The number of nitrogens with zero attached hydrogens (tertiary/aromatic N) is 2. The van der Waals surface area contributed by atoms with E-state index in [9.17, 15) is 33.5 Å². The Labute approximate surface area is 150 Å². The van der Waals surface area contributed by atoms with Crippen molar-refractivity contribution in [3.63, 3.8) is 0 Å². The van der Waals surface area contributed by atoms with Gasteiger partial charge in [-0.1, -0.05) is 24.3 Å². The van der Waals surface area contributed by atoms with Crippen molar-refractivity contribution < 1.29 is 28.3 Å². The van der Waals surface area contributed by atoms with Crippen LogP contribution in [0.5, 0.6) is 11.5 Å². The van der Waals surface area contributed by atoms with Crippen molar-refractivity contribution in [1.82, 2.24) is 4.98 Å². The summed E-state index contributed by atoms with van der Waals surface area (Å²) < 4.78 is 37.9. The Kier molecular flexibility index (Phi) is 4.44. The summed E-state index contributed by atoms with van der Waals surface area (Å²) in [6.45, 7) is 0. The summed E-state index contributed by atoms with van der Waals surface area (Å²) >= 11 is 0. The summed E-state index contributed by atoms with van der Waals surface area (Å²) in [7, 11) is 0. The summed E-state index contributed by atoms with van der Waals surface area (Å²) in [5.41, 5.74) is 0.00361. The van der Waals surface area contributed by atoms with Gasteiger partial charge in [0.15, 0.2) is 5.75 Å². The van der Waals surface area contributed by atoms with Gasteiger partial charge >= 0.3 is 11.9 Å². The molecule has 3 rings (SSSR count). The van der Waals surface area contributed by atoms with E-state index < -0.39 is 34.0 Å². The maximum Gasteiger partial charge on any atom is 0.433 e. The normalized spacial score (nSPS) is 11.4. The molecule has 9 heteroatoms. The highest BCUT2D eigenvalue weighted by molar-refractivity contribution is 5.76. The van der Waals surface area contributed by atoms with Gasteiger partial charge < -0.3 is 10.2 Å². The average molecular weight is 376 g/mol. The third kappa shape index (κ3) is 3.66. The lowest BCUT2D eigenvalue weighted by Crippen LogP contribution is -2.07. The molecule has 0 bridgehead atoms. The number of halogens is 3. The number of phenolic OH excluding ortho intramolecular Hbond substituents is 2. The lowest BCUT2D eigenvalue weighted by atomic mass is 9.99. The molecule has 0 aliphatic rings. The highest BCUT2D eigenvalue weighted by Crippen LogP contribution is 2.40. The second-order valence-corrected chi connectivity index (χ2v) is 5.63. The molecule has 1 aromatic heterocycles. The molecule has 2 aromatic carbocycles. The minimum atomic E-state index is -4.54. The Morgan fingerprint density at radius 1 is 0.926 bits per heavy atom. The van der Waals surface area contributed by atoms with Crippen molar-refractivity contribution in [2.24, 2.45) is 0 Å². The van der Waals surface area contributed by atoms with Gasteiger partial charge in [0, 0.05) is 17.8 Å². The zero-order valence-electron chi connectivity index (χ0n) is 13.4. The number of hydrogen-bond donors (Lipinski definition) is 2. The Morgan fingerprint density at radius 2 is 1.59 bits per heavy atom. The number of pyridine rings is 1. The van der Waals surface area contributed by atoms with Gasteiger partial charge in [-0.05, 0) is 34.9 Å². The number of nitro groups is 1. The molecule has 0 aliphatic carbocycles. The first-order chi connectivity index (χ1) is 12.7. The summed E-state index contributed by atoms with van der Waals surface area (Å²) in [6.07, 6.45) is -3.46. The molecule has 0 radical (unpaired) electrons. The highest BCUT2D eigenvalue weighted by Gasteiger charge is 2.32. The Balaban J connectivity index is 2.03. The molecule has 27 heavy (non-hydrogen) atoms. The van der Waals surface area contributed by atoms with Crippen LogP contribution < -0.4 is 0 Å². The second-order valence-electron chi connectivity index (χ2n) is 5.63. The number of aromatic hydroxyl groups is 2. The van der Waals surface area contributed by atoms with Crippen LogP contribution in [0.3, 0.4) is 0 Å². The van der Waals surface area contributed by atoms with Crippen molar-refractivity contribution in [2.75, 3.05) is 0 Å². The summed E-state index contributed by atoms with van der Waals surface area (Å²) in [6, 6.07) is 10.8. The molecule has 3 aromatic rings. The van der Waals surface area contributed by atoms with Crippen LogP contribution in [-0.2, 0) is 6.18 Å². The van der Waals surface area contributed by atoms with Crippen LogP contribution in [0.2, 0.25) is 0 Å². The third-order valence-corrected chi connectivity index (χ3v) is 3.85. The average Bonchev–Trinajstić information content (AvgIpc) is 2.63. The van der Waals surface area contributed by atoms with Gasteiger partial charge in [-0.15, -0.1) is 0 Å². The lowest BCUT2D eigenvalue weighted by Gasteiger charge is -2.09. The number of alkyl halides is 3. The molecule has 0 aliphatic heterocycles. The predicted molar refractivity (Wildman–Crippen MR) is 90.1 cm³/mol. The number of phenols is 2. The van der Waals surface area contributed by atoms with Gasteiger partial charge in [0.05, 0.1) is 4.92 Å². The number of benzene rings is 2. The number of aromatic nitrogens is 1. The minimum absolute atomic E-state index is 0.263. The Morgan fingerprint density at radius 3 is 2.15 bits per heavy atom. The predicted octanol–water partition coefficient (Wildman–Crippen LogP) is 4.75. The van der Waals surface area contributed by atoms with Crippen molar-refractivity contribution in [1.29, 1.82) is 0 Å². The van der Waals surface area contributed by atoms with Crippen LogP contribution in [0, 0.1) is 10.1 Å². The fourth-order valence-corrected chi connectivity index (χ4v) is 2.52. The van der Waals surface area contributed by atoms with Crippen molar-refractivity contribution in [2.45, 2.75) is 6.18 Å². The maximum atomic E-state index is 12.6. The van der Waals surface area contributed by atoms with Crippen LogP contribution in [0.25, 0.3) is 22.3 Å². The van der Waals surface area contributed by atoms with Crippen LogP contribution in [0.1, 0.15) is 5.69 Å². The minimum Gasteiger partial charge on any atom is -0.504 e. The van der Waals surface area contributed by atoms with Gasteiger partial charge in [-0.25, -0.2) is 0 Å². The standard InChI is InChI=1S/C18H11F3N2O4/c19-18(20,21)16-5-4-12(9-22-16)10-2-1-3-11(6-10)13-7-14(23(26)27)17(25)15(24)8-13/h1-9,24-25H. The highest BCUT2D eigenvalue weighted by atomic mass is 19.4. The molecule has 138 valence electrons. The van der Waals surface area contributed by atoms with Gasteiger partial charge in [0.1, 0.15) is 5.69 Å². The largest absolute Gasteiger partial charge is 0.504 e. The molecule has 6 nitrogen and oxygen atoms in total. The SMILES string of the molecule is O=[N+]([O-])c1cc(-c2cccc(-c3ccc(C(F)(F)F)nc3)c2)cc(O)c1O. The molecular formula is C18H11F3N2O4. The Bertz CT molecular complexity index is 1020. The zero-order valence-corrected chi connectivity index (χ0v) is 13.4. The van der Waals surface area contributed by atoms with E-state index in [4.69, 9.17) is 0 Å². The van der Waals surface area contributed by atoms with E-state index in [-0.39, 0.29) is 5.56 Å². The molecule has 0 amide bonds. The molecule has 0 spiro atoms. The van der Waals surface area contributed by atoms with Gasteiger partial charge in [0.25, 0.3) is 0 Å². The van der Waals surface area contributed by atoms with E-state index in [1.165, 1.54) is 6.07 Å². The van der Waals surface area contributed by atoms with Crippen LogP contribution >= 0.6 is 0 Å². The molecule has 0 saturated carbocycles. The van der Waals surface area contributed by atoms with Crippen LogP contribution in [0.4, 0.5) is 18.9 Å². The molecule has 2 N–H and O–H groups in total. The van der Waals surface area contributed by atoms with Crippen molar-refractivity contribution in [3.8, 4) is 33.8 Å². The molecule has 0 atom stereocenters. The van der Waals surface area contributed by atoms with Crippen LogP contribution in [0.15, 0.2) is 54.7 Å². The topological polar surface area (TPSA) is 96.5 Å². The quantitative estimate of drug-likeness (QED) is 0.390. The van der Waals surface area contributed by atoms with E-state index in [1.807, 2.05) is 0 Å². The lowest BCUT2D eigenvalue weighted by molar-refractivity contribution is -0.385. The number of rotatable bonds is 3. The Hall–Kier alpha value is -3.62. The summed E-state index contributed by atoms with van der Waals surface area (Å²) in [5, 5.41) is 30.3. The molecular weight excluding hydrogens is 365 g/mol. The first kappa shape index (κ1) is 18.2. The fraction of sp³-hybridized carbons (Fsp3) is 0.0556. The number of hydrogen-bond acceptors (Lipinski definition) is 5. The van der Waals surface area contributed by atoms with Crippen LogP contribution in [-0.4, -0.2) is 20.1 Å². The van der Waals surface area contributed by atoms with E-state index >= 15 is 0 Å². The molecule has 0 unspecified atom stereocenters. The first-order valence-corrected chi connectivity index (χ1v) is 7.51. The smallest absolute Gasteiger partial charge is 0.433 e.